The number of nitrogens with zero attached hydrogens (tertiary/aromatic N) is 5. The van der Waals surface area contributed by atoms with E-state index in [9.17, 15) is 9.59 Å². The van der Waals surface area contributed by atoms with Crippen LogP contribution >= 0.6 is 11.3 Å². The SMILES string of the molecule is CN(C)C(=O)c1ccc(-c2ccc(N(Cc3cncn3Cc3ccc(C#N)cc3)C(=O)c3ccccc3)cc2)s1. The Morgan fingerprint density at radius 1 is 0.900 bits per heavy atom. The summed E-state index contributed by atoms with van der Waals surface area (Å²) in [6, 6.07) is 30.4. The summed E-state index contributed by atoms with van der Waals surface area (Å²) in [5.74, 6) is -0.139. The molecule has 40 heavy (non-hydrogen) atoms. The Morgan fingerprint density at radius 3 is 2.30 bits per heavy atom. The smallest absolute Gasteiger partial charge is 0.263 e. The summed E-state index contributed by atoms with van der Waals surface area (Å²) in [6.07, 6.45) is 3.53. The highest BCUT2D eigenvalue weighted by atomic mass is 32.1. The number of nitriles is 1. The van der Waals surface area contributed by atoms with E-state index in [2.05, 4.69) is 11.1 Å². The fourth-order valence-corrected chi connectivity index (χ4v) is 5.35. The van der Waals surface area contributed by atoms with Gasteiger partial charge in [0.05, 0.1) is 35.1 Å². The third-order valence-electron chi connectivity index (χ3n) is 6.51. The normalized spacial score (nSPS) is 10.6. The summed E-state index contributed by atoms with van der Waals surface area (Å²) < 4.78 is 2.01. The lowest BCUT2D eigenvalue weighted by molar-refractivity contribution is 0.0832. The Hall–Kier alpha value is -5.00. The van der Waals surface area contributed by atoms with E-state index in [1.165, 1.54) is 11.3 Å². The van der Waals surface area contributed by atoms with Crippen LogP contribution in [0.4, 0.5) is 5.69 Å². The molecule has 5 aromatic rings. The second-order valence-electron chi connectivity index (χ2n) is 9.49. The Morgan fingerprint density at radius 2 is 1.62 bits per heavy atom. The van der Waals surface area contributed by atoms with Crippen LogP contribution in [0.2, 0.25) is 0 Å². The van der Waals surface area contributed by atoms with Crippen LogP contribution in [0.1, 0.15) is 36.9 Å². The van der Waals surface area contributed by atoms with Crippen molar-refractivity contribution in [3.63, 3.8) is 0 Å². The molecular formula is C32H27N5O2S. The minimum absolute atomic E-state index is 0.0230. The van der Waals surface area contributed by atoms with Crippen LogP contribution in [0.5, 0.6) is 0 Å². The Bertz CT molecular complexity index is 1660. The number of hydrogen-bond acceptors (Lipinski definition) is 5. The van der Waals surface area contributed by atoms with Crippen LogP contribution in [0, 0.1) is 11.3 Å². The molecule has 8 heteroatoms. The van der Waals surface area contributed by atoms with Crippen molar-refractivity contribution in [1.82, 2.24) is 14.5 Å². The zero-order valence-electron chi connectivity index (χ0n) is 22.2. The Labute approximate surface area is 237 Å². The molecule has 2 heterocycles. The van der Waals surface area contributed by atoms with Crippen molar-refractivity contribution in [2.45, 2.75) is 13.1 Å². The molecule has 198 valence electrons. The van der Waals surface area contributed by atoms with E-state index in [0.717, 1.165) is 27.4 Å². The van der Waals surface area contributed by atoms with Crippen LogP contribution in [0.15, 0.2) is 104 Å². The Kier molecular flexibility index (Phi) is 7.85. The zero-order chi connectivity index (χ0) is 28.1. The first-order chi connectivity index (χ1) is 19.4. The van der Waals surface area contributed by atoms with Crippen LogP contribution in [0.25, 0.3) is 10.4 Å². The number of benzene rings is 3. The standard InChI is InChI=1S/C32H27N5O2S/c1-35(2)32(39)30-17-16-29(40-30)25-12-14-27(15-13-25)37(31(38)26-6-4-3-5-7-26)21-28-19-34-22-36(28)20-24-10-8-23(18-33)9-11-24/h3-17,19,22H,20-21H2,1-2H3. The van der Waals surface area contributed by atoms with E-state index in [-0.39, 0.29) is 11.8 Å². The number of hydrogen-bond donors (Lipinski definition) is 0. The number of carbonyl (C=O) groups is 2. The van der Waals surface area contributed by atoms with Gasteiger partial charge in [-0.15, -0.1) is 11.3 Å². The molecule has 0 aliphatic carbocycles. The van der Waals surface area contributed by atoms with E-state index < -0.39 is 0 Å². The van der Waals surface area contributed by atoms with Crippen molar-refractivity contribution < 1.29 is 9.59 Å². The highest BCUT2D eigenvalue weighted by Crippen LogP contribution is 2.31. The van der Waals surface area contributed by atoms with E-state index >= 15 is 0 Å². The maximum absolute atomic E-state index is 13.7. The number of amides is 2. The molecular weight excluding hydrogens is 518 g/mol. The lowest BCUT2D eigenvalue weighted by Gasteiger charge is -2.24. The quantitative estimate of drug-likeness (QED) is 0.237. The minimum atomic E-state index is -0.116. The zero-order valence-corrected chi connectivity index (χ0v) is 23.0. The molecule has 0 N–H and O–H groups in total. The predicted octanol–water partition coefficient (Wildman–Crippen LogP) is 6.08. The number of aromatic nitrogens is 2. The summed E-state index contributed by atoms with van der Waals surface area (Å²) in [6.45, 7) is 0.892. The van der Waals surface area contributed by atoms with Gasteiger partial charge in [0.1, 0.15) is 0 Å². The van der Waals surface area contributed by atoms with Gasteiger partial charge >= 0.3 is 0 Å². The summed E-state index contributed by atoms with van der Waals surface area (Å²) in [7, 11) is 3.48. The topological polar surface area (TPSA) is 82.2 Å². The third-order valence-corrected chi connectivity index (χ3v) is 7.63. The van der Waals surface area contributed by atoms with Gasteiger partial charge in [0.2, 0.25) is 0 Å². The molecule has 0 spiro atoms. The summed E-state index contributed by atoms with van der Waals surface area (Å²) in [5.41, 5.74) is 4.85. The number of carbonyl (C=O) groups excluding carboxylic acids is 2. The minimum Gasteiger partial charge on any atom is -0.344 e. The first-order valence-electron chi connectivity index (χ1n) is 12.7. The van der Waals surface area contributed by atoms with Crippen LogP contribution in [-0.2, 0) is 13.1 Å². The van der Waals surface area contributed by atoms with Gasteiger partial charge in [0.15, 0.2) is 0 Å². The molecule has 0 saturated heterocycles. The average molecular weight is 546 g/mol. The van der Waals surface area contributed by atoms with Crippen LogP contribution < -0.4 is 4.90 Å². The molecule has 0 aliphatic rings. The van der Waals surface area contributed by atoms with Gasteiger partial charge in [0.25, 0.3) is 11.8 Å². The van der Waals surface area contributed by atoms with Crippen molar-refractivity contribution in [3.8, 4) is 16.5 Å². The molecule has 0 aliphatic heterocycles. The number of rotatable bonds is 8. The van der Waals surface area contributed by atoms with Gasteiger partial charge < -0.3 is 14.4 Å². The van der Waals surface area contributed by atoms with Gasteiger partial charge in [-0.25, -0.2) is 4.98 Å². The van der Waals surface area contributed by atoms with Gasteiger partial charge in [-0.2, -0.15) is 5.26 Å². The molecule has 0 fully saturated rings. The summed E-state index contributed by atoms with van der Waals surface area (Å²) >= 11 is 1.45. The lowest BCUT2D eigenvalue weighted by Crippen LogP contribution is -2.31. The predicted molar refractivity (Wildman–Crippen MR) is 157 cm³/mol. The van der Waals surface area contributed by atoms with Crippen LogP contribution in [-0.4, -0.2) is 40.4 Å². The van der Waals surface area contributed by atoms with Crippen LogP contribution in [0.3, 0.4) is 0 Å². The van der Waals surface area contributed by atoms with E-state index in [1.54, 1.807) is 48.6 Å². The van der Waals surface area contributed by atoms with Gasteiger partial charge in [-0.3, -0.25) is 9.59 Å². The molecule has 2 amide bonds. The monoisotopic (exact) mass is 545 g/mol. The molecule has 0 unspecified atom stereocenters. The summed E-state index contributed by atoms with van der Waals surface area (Å²) in [4.78, 5) is 35.4. The van der Waals surface area contributed by atoms with Crippen molar-refractivity contribution >= 4 is 28.8 Å². The van der Waals surface area contributed by atoms with E-state index in [1.807, 2.05) is 83.4 Å². The largest absolute Gasteiger partial charge is 0.344 e. The third kappa shape index (κ3) is 5.85. The highest BCUT2D eigenvalue weighted by molar-refractivity contribution is 7.17. The van der Waals surface area contributed by atoms with E-state index in [0.29, 0.717) is 29.1 Å². The second kappa shape index (κ2) is 11.8. The molecule has 0 atom stereocenters. The fourth-order valence-electron chi connectivity index (χ4n) is 4.32. The number of imidazole rings is 1. The molecule has 0 bridgehead atoms. The van der Waals surface area contributed by atoms with Gasteiger partial charge in [0, 0.05) is 43.0 Å². The fraction of sp³-hybridized carbons (Fsp3) is 0.125. The van der Waals surface area contributed by atoms with Crippen molar-refractivity contribution in [3.05, 3.63) is 131 Å². The molecule has 3 aromatic carbocycles. The maximum Gasteiger partial charge on any atom is 0.263 e. The maximum atomic E-state index is 13.7. The molecule has 5 rings (SSSR count). The van der Waals surface area contributed by atoms with Crippen molar-refractivity contribution in [1.29, 1.82) is 5.26 Å². The van der Waals surface area contributed by atoms with Crippen molar-refractivity contribution in [2.75, 3.05) is 19.0 Å². The van der Waals surface area contributed by atoms with Gasteiger partial charge in [-0.05, 0) is 59.7 Å². The molecule has 0 saturated carbocycles. The van der Waals surface area contributed by atoms with E-state index in [4.69, 9.17) is 5.26 Å². The molecule has 0 radical (unpaired) electrons. The molecule has 2 aromatic heterocycles. The highest BCUT2D eigenvalue weighted by Gasteiger charge is 2.20. The van der Waals surface area contributed by atoms with Crippen molar-refractivity contribution in [2.24, 2.45) is 0 Å². The lowest BCUT2D eigenvalue weighted by atomic mass is 10.1. The second-order valence-corrected chi connectivity index (χ2v) is 10.6. The summed E-state index contributed by atoms with van der Waals surface area (Å²) in [5, 5.41) is 9.09. The first kappa shape index (κ1) is 26.6. The Balaban J connectivity index is 1.43. The molecule has 7 nitrogen and oxygen atoms in total. The first-order valence-corrected chi connectivity index (χ1v) is 13.5. The number of anilines is 1. The van der Waals surface area contributed by atoms with Gasteiger partial charge in [-0.1, -0.05) is 42.5 Å². The number of thiophene rings is 1. The average Bonchev–Trinajstić information content (AvgIpc) is 3.66.